The summed E-state index contributed by atoms with van der Waals surface area (Å²) in [7, 11) is -3.73. The molecule has 1 aliphatic rings. The third-order valence-corrected chi connectivity index (χ3v) is 8.05. The third kappa shape index (κ3) is 7.27. The third-order valence-electron chi connectivity index (χ3n) is 5.48. The summed E-state index contributed by atoms with van der Waals surface area (Å²) in [6, 6.07) is 13.7. The summed E-state index contributed by atoms with van der Waals surface area (Å²) in [5, 5.41) is 11.1. The fourth-order valence-corrected chi connectivity index (χ4v) is 5.90. The first-order chi connectivity index (χ1) is 14.3. The Bertz CT molecular complexity index is 983. The molecule has 0 aliphatic heterocycles. The van der Waals surface area contributed by atoms with Crippen molar-refractivity contribution < 1.29 is 42.8 Å². The maximum absolute atomic E-state index is 13.4. The number of sulfonamides is 1. The Balaban J connectivity index is 0.00000341. The Morgan fingerprint density at radius 1 is 1.13 bits per heavy atom. The first kappa shape index (κ1) is 26.8. The molecule has 0 radical (unpaired) electrons. The molecule has 0 bridgehead atoms. The summed E-state index contributed by atoms with van der Waals surface area (Å²) >= 11 is 9.36. The molecule has 2 aromatic carbocycles. The smallest absolute Gasteiger partial charge is 0.759 e. The van der Waals surface area contributed by atoms with E-state index in [1.165, 1.54) is 21.9 Å². The van der Waals surface area contributed by atoms with E-state index in [-0.39, 0.29) is 52.8 Å². The van der Waals surface area contributed by atoms with Gasteiger partial charge in [0.25, 0.3) is 0 Å². The van der Waals surface area contributed by atoms with Crippen LogP contribution in [0.3, 0.4) is 0 Å². The SMILES string of the molecule is O=C(N[O-])C1CCC(CN(Cc2cccc(Br)c2)S(=O)(=O)c2ccc(Cl)cc2)CC1.[Na+]. The summed E-state index contributed by atoms with van der Waals surface area (Å²) in [5.74, 6) is -0.645. The van der Waals surface area contributed by atoms with Crippen LogP contribution in [0.25, 0.3) is 0 Å². The van der Waals surface area contributed by atoms with E-state index in [2.05, 4.69) is 15.9 Å². The van der Waals surface area contributed by atoms with E-state index in [1.54, 1.807) is 12.1 Å². The summed E-state index contributed by atoms with van der Waals surface area (Å²) in [6.45, 7) is 0.592. The van der Waals surface area contributed by atoms with Crippen LogP contribution in [0.1, 0.15) is 31.2 Å². The van der Waals surface area contributed by atoms with Crippen molar-refractivity contribution in [2.24, 2.45) is 11.8 Å². The Morgan fingerprint density at radius 2 is 1.77 bits per heavy atom. The number of nitrogens with zero attached hydrogens (tertiary/aromatic N) is 1. The van der Waals surface area contributed by atoms with Gasteiger partial charge in [-0.05, 0) is 73.6 Å². The van der Waals surface area contributed by atoms with E-state index < -0.39 is 15.9 Å². The second-order valence-corrected chi connectivity index (χ2v) is 10.9. The van der Waals surface area contributed by atoms with Gasteiger partial charge in [0.1, 0.15) is 0 Å². The van der Waals surface area contributed by atoms with Crippen LogP contribution >= 0.6 is 27.5 Å². The number of carbonyl (C=O) groups is 1. The van der Waals surface area contributed by atoms with Gasteiger partial charge < -0.3 is 10.7 Å². The average molecular weight is 538 g/mol. The van der Waals surface area contributed by atoms with Crippen molar-refractivity contribution in [3.05, 3.63) is 68.8 Å². The van der Waals surface area contributed by atoms with Crippen molar-refractivity contribution in [1.82, 2.24) is 9.79 Å². The van der Waals surface area contributed by atoms with Gasteiger partial charge in [-0.15, -0.1) is 0 Å². The molecule has 0 heterocycles. The topological polar surface area (TPSA) is 89.5 Å². The minimum atomic E-state index is -3.73. The molecule has 162 valence electrons. The molecule has 31 heavy (non-hydrogen) atoms. The van der Waals surface area contributed by atoms with Crippen molar-refractivity contribution in [2.75, 3.05) is 6.54 Å². The van der Waals surface area contributed by atoms with Crippen LogP contribution in [0.4, 0.5) is 0 Å². The normalized spacial score (nSPS) is 19.0. The Morgan fingerprint density at radius 3 is 2.35 bits per heavy atom. The molecule has 0 unspecified atom stereocenters. The number of benzene rings is 2. The number of nitrogens with one attached hydrogen (secondary N) is 1. The fourth-order valence-electron chi connectivity index (χ4n) is 3.82. The quantitative estimate of drug-likeness (QED) is 0.430. The molecule has 2 aromatic rings. The zero-order valence-electron chi connectivity index (χ0n) is 17.3. The average Bonchev–Trinajstić information content (AvgIpc) is 2.73. The molecule has 1 saturated carbocycles. The minimum absolute atomic E-state index is 0. The number of halogens is 2. The van der Waals surface area contributed by atoms with Crippen molar-refractivity contribution in [1.29, 1.82) is 0 Å². The van der Waals surface area contributed by atoms with E-state index in [4.69, 9.17) is 11.6 Å². The second kappa shape index (κ2) is 12.1. The van der Waals surface area contributed by atoms with E-state index in [1.807, 2.05) is 24.3 Å². The van der Waals surface area contributed by atoms with Crippen LogP contribution in [0, 0.1) is 17.0 Å². The molecule has 1 amide bonds. The van der Waals surface area contributed by atoms with E-state index in [0.29, 0.717) is 37.3 Å². The van der Waals surface area contributed by atoms with Crippen LogP contribution in [0.2, 0.25) is 5.02 Å². The summed E-state index contributed by atoms with van der Waals surface area (Å²) in [4.78, 5) is 11.8. The predicted octanol–water partition coefficient (Wildman–Crippen LogP) is 1.72. The molecule has 0 spiro atoms. The fraction of sp³-hybridized carbons (Fsp3) is 0.381. The maximum atomic E-state index is 13.4. The van der Waals surface area contributed by atoms with Gasteiger partial charge in [-0.1, -0.05) is 39.7 Å². The maximum Gasteiger partial charge on any atom is 1.00 e. The standard InChI is InChI=1S/C21H23BrClN2O4S.Na/c22-18-3-1-2-16(12-18)14-25(30(28,29)20-10-8-19(23)9-11-20)13-15-4-6-17(7-5-15)21(26)24-27;/h1-3,8-12,15,17H,4-7,13-14H2,(H-,24,26,27);/q-1;+1. The van der Waals surface area contributed by atoms with Gasteiger partial charge in [0.15, 0.2) is 0 Å². The molecule has 1 fully saturated rings. The van der Waals surface area contributed by atoms with E-state index in [9.17, 15) is 18.4 Å². The summed E-state index contributed by atoms with van der Waals surface area (Å²) < 4.78 is 29.2. The molecule has 3 rings (SSSR count). The van der Waals surface area contributed by atoms with Gasteiger partial charge in [-0.3, -0.25) is 4.79 Å². The second-order valence-electron chi connectivity index (χ2n) is 7.57. The zero-order chi connectivity index (χ0) is 21.7. The molecule has 1 aliphatic carbocycles. The molecule has 6 nitrogen and oxygen atoms in total. The van der Waals surface area contributed by atoms with E-state index in [0.717, 1.165) is 10.0 Å². The number of hydroxylamine groups is 1. The van der Waals surface area contributed by atoms with Gasteiger partial charge in [0.05, 0.1) is 4.90 Å². The molecule has 0 aromatic heterocycles. The molecular weight excluding hydrogens is 515 g/mol. The summed E-state index contributed by atoms with van der Waals surface area (Å²) in [5.41, 5.74) is 2.34. The number of rotatable bonds is 7. The Labute approximate surface area is 218 Å². The van der Waals surface area contributed by atoms with Crippen LogP contribution in [0.5, 0.6) is 0 Å². The van der Waals surface area contributed by atoms with Crippen molar-refractivity contribution in [3.8, 4) is 0 Å². The number of hydrogen-bond donors (Lipinski definition) is 1. The van der Waals surface area contributed by atoms with Crippen LogP contribution in [-0.2, 0) is 21.4 Å². The van der Waals surface area contributed by atoms with Crippen molar-refractivity contribution in [2.45, 2.75) is 37.1 Å². The zero-order valence-corrected chi connectivity index (χ0v) is 22.4. The summed E-state index contributed by atoms with van der Waals surface area (Å²) in [6.07, 6.45) is 2.57. The first-order valence-electron chi connectivity index (χ1n) is 9.71. The predicted molar refractivity (Wildman–Crippen MR) is 120 cm³/mol. The molecule has 0 atom stereocenters. The minimum Gasteiger partial charge on any atom is -0.759 e. The number of carbonyl (C=O) groups excluding carboxylic acids is 1. The van der Waals surface area contributed by atoms with Gasteiger partial charge >= 0.3 is 29.6 Å². The Hall–Kier alpha value is -0.450. The van der Waals surface area contributed by atoms with Gasteiger partial charge in [0.2, 0.25) is 15.9 Å². The van der Waals surface area contributed by atoms with Gasteiger partial charge in [-0.2, -0.15) is 4.31 Å². The Kier molecular flexibility index (Phi) is 10.5. The van der Waals surface area contributed by atoms with Gasteiger partial charge in [0, 0.05) is 28.5 Å². The van der Waals surface area contributed by atoms with Crippen molar-refractivity contribution >= 4 is 43.5 Å². The van der Waals surface area contributed by atoms with Crippen LogP contribution < -0.4 is 35.0 Å². The van der Waals surface area contributed by atoms with Crippen molar-refractivity contribution in [3.63, 3.8) is 0 Å². The number of hydrogen-bond acceptors (Lipinski definition) is 4. The van der Waals surface area contributed by atoms with E-state index >= 15 is 0 Å². The van der Waals surface area contributed by atoms with Gasteiger partial charge in [-0.25, -0.2) is 8.42 Å². The first-order valence-corrected chi connectivity index (χ1v) is 12.3. The monoisotopic (exact) mass is 536 g/mol. The molecule has 0 saturated heterocycles. The molecule has 1 N–H and O–H groups in total. The van der Waals surface area contributed by atoms with Crippen LogP contribution in [0.15, 0.2) is 57.9 Å². The molecule has 10 heteroatoms. The number of amides is 1. The largest absolute Gasteiger partial charge is 1.00 e. The van der Waals surface area contributed by atoms with Crippen LogP contribution in [-0.4, -0.2) is 25.2 Å². The molecular formula is C21H23BrClN2NaO4S.